The van der Waals surface area contributed by atoms with Gasteiger partial charge < -0.3 is 19.3 Å². The highest BCUT2D eigenvalue weighted by molar-refractivity contribution is 7.53. The van der Waals surface area contributed by atoms with Crippen LogP contribution in [0.3, 0.4) is 0 Å². The second kappa shape index (κ2) is 7.36. The van der Waals surface area contributed by atoms with Crippen LogP contribution in [0.4, 0.5) is 0 Å². The molecule has 0 saturated heterocycles. The lowest BCUT2D eigenvalue weighted by molar-refractivity contribution is 0.0680. The van der Waals surface area contributed by atoms with E-state index in [1.54, 1.807) is 13.8 Å². The lowest BCUT2D eigenvalue weighted by Gasteiger charge is -2.18. The summed E-state index contributed by atoms with van der Waals surface area (Å²) in [6.07, 6.45) is -0.294. The van der Waals surface area contributed by atoms with Gasteiger partial charge in [-0.15, -0.1) is 0 Å². The summed E-state index contributed by atoms with van der Waals surface area (Å²) in [6, 6.07) is 3.53. The van der Waals surface area contributed by atoms with Crippen LogP contribution in [0.1, 0.15) is 40.1 Å². The van der Waals surface area contributed by atoms with Crippen LogP contribution in [0.2, 0.25) is 0 Å². The van der Waals surface area contributed by atoms with Crippen molar-refractivity contribution in [1.29, 1.82) is 0 Å². The van der Waals surface area contributed by atoms with Crippen molar-refractivity contribution in [2.45, 2.75) is 20.0 Å². The Morgan fingerprint density at radius 2 is 1.67 bits per heavy atom. The van der Waals surface area contributed by atoms with Crippen molar-refractivity contribution in [1.82, 2.24) is 0 Å². The van der Waals surface area contributed by atoms with Gasteiger partial charge in [0.15, 0.2) is 0 Å². The molecule has 0 aliphatic rings. The van der Waals surface area contributed by atoms with E-state index in [1.807, 2.05) is 0 Å². The molecular formula is C13H17O7P. The number of carboxylic acids is 2. The van der Waals surface area contributed by atoms with E-state index < -0.39 is 19.5 Å². The Morgan fingerprint density at radius 1 is 1.10 bits per heavy atom. The average molecular weight is 316 g/mol. The molecule has 0 spiro atoms. The van der Waals surface area contributed by atoms with Crippen LogP contribution in [0, 0.1) is 0 Å². The van der Waals surface area contributed by atoms with E-state index in [-0.39, 0.29) is 36.1 Å². The van der Waals surface area contributed by atoms with E-state index in [4.69, 9.17) is 19.3 Å². The van der Waals surface area contributed by atoms with Gasteiger partial charge in [0, 0.05) is 0 Å². The van der Waals surface area contributed by atoms with Gasteiger partial charge in [-0.2, -0.15) is 0 Å². The summed E-state index contributed by atoms with van der Waals surface area (Å²) in [5, 5.41) is 18.1. The van der Waals surface area contributed by atoms with Crippen LogP contribution in [0.5, 0.6) is 0 Å². The molecule has 2 N–H and O–H groups in total. The number of carboxylic acid groups (broad SMARTS) is 2. The predicted molar refractivity (Wildman–Crippen MR) is 74.9 cm³/mol. The SMILES string of the molecule is CCOP(=O)(Cc1cc(C(=O)O)ccc1C(=O)O)OCC. The maximum Gasteiger partial charge on any atom is 0.335 e. The van der Waals surface area contributed by atoms with Crippen LogP contribution < -0.4 is 0 Å². The van der Waals surface area contributed by atoms with Crippen LogP contribution in [0.15, 0.2) is 18.2 Å². The van der Waals surface area contributed by atoms with Gasteiger partial charge in [0.1, 0.15) is 0 Å². The van der Waals surface area contributed by atoms with E-state index in [9.17, 15) is 14.2 Å². The first-order valence-electron chi connectivity index (χ1n) is 6.30. The normalized spacial score (nSPS) is 11.3. The number of rotatable bonds is 8. The van der Waals surface area contributed by atoms with Crippen molar-refractivity contribution < 1.29 is 33.4 Å². The lowest BCUT2D eigenvalue weighted by atomic mass is 10.1. The van der Waals surface area contributed by atoms with Crippen LogP contribution in [-0.2, 0) is 19.8 Å². The Bertz CT molecular complexity index is 572. The Balaban J connectivity index is 3.25. The fraction of sp³-hybridized carbons (Fsp3) is 0.385. The summed E-state index contributed by atoms with van der Waals surface area (Å²) in [5.41, 5.74) is -0.109. The van der Waals surface area contributed by atoms with Gasteiger partial charge in [-0.1, -0.05) is 0 Å². The Morgan fingerprint density at radius 3 is 2.10 bits per heavy atom. The molecule has 8 heteroatoms. The molecule has 0 aliphatic heterocycles. The van der Waals surface area contributed by atoms with Crippen molar-refractivity contribution >= 4 is 19.5 Å². The first-order valence-corrected chi connectivity index (χ1v) is 8.03. The Hall–Kier alpha value is -1.69. The summed E-state index contributed by atoms with van der Waals surface area (Å²) >= 11 is 0. The first-order chi connectivity index (χ1) is 9.83. The quantitative estimate of drug-likeness (QED) is 0.709. The minimum absolute atomic E-state index is 0.0884. The zero-order chi connectivity index (χ0) is 16.0. The van der Waals surface area contributed by atoms with Gasteiger partial charge >= 0.3 is 19.5 Å². The molecule has 0 unspecified atom stereocenters. The largest absolute Gasteiger partial charge is 0.478 e. The molecule has 0 fully saturated rings. The van der Waals surface area contributed by atoms with Gasteiger partial charge in [-0.3, -0.25) is 4.57 Å². The van der Waals surface area contributed by atoms with Crippen molar-refractivity contribution in [2.75, 3.05) is 13.2 Å². The van der Waals surface area contributed by atoms with E-state index in [0.29, 0.717) is 0 Å². The molecule has 1 rings (SSSR count). The second-order valence-corrected chi connectivity index (χ2v) is 6.14. The van der Waals surface area contributed by atoms with Gasteiger partial charge in [-0.25, -0.2) is 9.59 Å². The minimum atomic E-state index is -3.51. The zero-order valence-electron chi connectivity index (χ0n) is 11.7. The van der Waals surface area contributed by atoms with Gasteiger partial charge in [0.05, 0.1) is 30.5 Å². The fourth-order valence-electron chi connectivity index (χ4n) is 1.80. The molecule has 0 heterocycles. The third-order valence-electron chi connectivity index (χ3n) is 2.60. The minimum Gasteiger partial charge on any atom is -0.478 e. The molecule has 0 saturated carbocycles. The van der Waals surface area contributed by atoms with Crippen LogP contribution in [-0.4, -0.2) is 35.4 Å². The maximum absolute atomic E-state index is 12.5. The van der Waals surface area contributed by atoms with Crippen molar-refractivity contribution in [2.24, 2.45) is 0 Å². The Labute approximate surface area is 122 Å². The molecule has 0 bridgehead atoms. The molecule has 0 atom stereocenters. The number of hydrogen-bond acceptors (Lipinski definition) is 5. The third kappa shape index (κ3) is 4.67. The third-order valence-corrected chi connectivity index (χ3v) is 4.63. The molecule has 116 valence electrons. The molecule has 1 aromatic rings. The van der Waals surface area contributed by atoms with E-state index in [0.717, 1.165) is 0 Å². The molecule has 0 aromatic heterocycles. The Kier molecular flexibility index (Phi) is 6.08. The van der Waals surface area contributed by atoms with E-state index in [2.05, 4.69) is 0 Å². The highest BCUT2D eigenvalue weighted by Crippen LogP contribution is 2.51. The number of aromatic carboxylic acids is 2. The van der Waals surface area contributed by atoms with Gasteiger partial charge in [0.25, 0.3) is 0 Å². The summed E-state index contributed by atoms with van der Waals surface area (Å²) < 4.78 is 22.7. The van der Waals surface area contributed by atoms with E-state index >= 15 is 0 Å². The topological polar surface area (TPSA) is 110 Å². The average Bonchev–Trinajstić information content (AvgIpc) is 2.38. The molecule has 0 radical (unpaired) electrons. The summed E-state index contributed by atoms with van der Waals surface area (Å²) in [7, 11) is -3.51. The molecule has 7 nitrogen and oxygen atoms in total. The first kappa shape index (κ1) is 17.4. The summed E-state index contributed by atoms with van der Waals surface area (Å²) in [6.45, 7) is 3.55. The highest BCUT2D eigenvalue weighted by atomic mass is 31.2. The van der Waals surface area contributed by atoms with Crippen LogP contribution in [0.25, 0.3) is 0 Å². The maximum atomic E-state index is 12.5. The number of carbonyl (C=O) groups is 2. The molecule has 1 aromatic carbocycles. The molecule has 21 heavy (non-hydrogen) atoms. The lowest BCUT2D eigenvalue weighted by Crippen LogP contribution is -2.08. The highest BCUT2D eigenvalue weighted by Gasteiger charge is 2.27. The van der Waals surface area contributed by atoms with Crippen molar-refractivity contribution in [3.05, 3.63) is 34.9 Å². The van der Waals surface area contributed by atoms with Crippen molar-refractivity contribution in [3.8, 4) is 0 Å². The molecule has 0 amide bonds. The molecule has 0 aliphatic carbocycles. The standard InChI is InChI=1S/C13H17O7P/c1-3-19-21(18,20-4-2)8-10-7-9(12(14)15)5-6-11(10)13(16)17/h5-7H,3-4,8H2,1-2H3,(H,14,15)(H,16,17). The van der Waals surface area contributed by atoms with Gasteiger partial charge in [-0.05, 0) is 37.6 Å². The number of benzene rings is 1. The van der Waals surface area contributed by atoms with Gasteiger partial charge in [0.2, 0.25) is 0 Å². The van der Waals surface area contributed by atoms with Crippen LogP contribution >= 0.6 is 7.60 Å². The second-order valence-electron chi connectivity index (χ2n) is 4.09. The predicted octanol–water partition coefficient (Wildman–Crippen LogP) is 2.85. The zero-order valence-corrected chi connectivity index (χ0v) is 12.6. The summed E-state index contributed by atoms with van der Waals surface area (Å²) in [4.78, 5) is 22.2. The number of hydrogen-bond donors (Lipinski definition) is 2. The monoisotopic (exact) mass is 316 g/mol. The van der Waals surface area contributed by atoms with Crippen molar-refractivity contribution in [3.63, 3.8) is 0 Å². The summed E-state index contributed by atoms with van der Waals surface area (Å²) in [5.74, 6) is -2.43. The fourth-order valence-corrected chi connectivity index (χ4v) is 3.52. The van der Waals surface area contributed by atoms with E-state index in [1.165, 1.54) is 18.2 Å². The molecular weight excluding hydrogens is 299 g/mol. The smallest absolute Gasteiger partial charge is 0.335 e.